The van der Waals surface area contributed by atoms with Gasteiger partial charge in [0.1, 0.15) is 11.6 Å². The fourth-order valence-corrected chi connectivity index (χ4v) is 3.14. The summed E-state index contributed by atoms with van der Waals surface area (Å²) in [7, 11) is 1.42. The van der Waals surface area contributed by atoms with Gasteiger partial charge in [-0.05, 0) is 61.0 Å². The number of carbonyl (C=O) groups is 2. The highest BCUT2D eigenvalue weighted by Gasteiger charge is 2.15. The summed E-state index contributed by atoms with van der Waals surface area (Å²) in [5.74, 6) is -0.726. The maximum Gasteiger partial charge on any atom is 0.343 e. The van der Waals surface area contributed by atoms with Gasteiger partial charge in [-0.15, -0.1) is 0 Å². The zero-order valence-electron chi connectivity index (χ0n) is 17.7. The van der Waals surface area contributed by atoms with Crippen molar-refractivity contribution in [2.75, 3.05) is 12.4 Å². The van der Waals surface area contributed by atoms with E-state index in [1.807, 2.05) is 25.1 Å². The van der Waals surface area contributed by atoms with Crippen molar-refractivity contribution in [2.45, 2.75) is 6.92 Å². The Kier molecular flexibility index (Phi) is 7.73. The smallest absolute Gasteiger partial charge is 0.343 e. The van der Waals surface area contributed by atoms with Crippen LogP contribution in [0.5, 0.6) is 11.5 Å². The molecule has 0 fully saturated rings. The summed E-state index contributed by atoms with van der Waals surface area (Å²) in [5.41, 5.74) is 2.03. The predicted molar refractivity (Wildman–Crippen MR) is 128 cm³/mol. The predicted octanol–water partition coefficient (Wildman–Crippen LogP) is 6.08. The topological polar surface area (TPSA) is 88.4 Å². The lowest BCUT2D eigenvalue weighted by Gasteiger charge is -2.11. The van der Waals surface area contributed by atoms with Gasteiger partial charge in [-0.3, -0.25) is 4.79 Å². The van der Waals surface area contributed by atoms with Crippen LogP contribution in [0, 0.1) is 18.3 Å². The van der Waals surface area contributed by atoms with E-state index in [9.17, 15) is 14.9 Å². The molecule has 0 unspecified atom stereocenters. The molecule has 0 aliphatic heterocycles. The number of esters is 1. The Hall–Kier alpha value is -3.79. The lowest BCUT2D eigenvalue weighted by Crippen LogP contribution is -2.13. The third-order valence-corrected chi connectivity index (χ3v) is 5.09. The van der Waals surface area contributed by atoms with E-state index in [1.54, 1.807) is 30.3 Å². The van der Waals surface area contributed by atoms with Gasteiger partial charge in [-0.1, -0.05) is 47.0 Å². The first-order chi connectivity index (χ1) is 15.8. The van der Waals surface area contributed by atoms with Gasteiger partial charge in [0.2, 0.25) is 0 Å². The molecule has 3 rings (SSSR count). The second-order valence-electron chi connectivity index (χ2n) is 6.91. The summed E-state index contributed by atoms with van der Waals surface area (Å²) < 4.78 is 10.8. The third-order valence-electron chi connectivity index (χ3n) is 4.53. The number of hydrogen-bond donors (Lipinski definition) is 1. The average molecular weight is 481 g/mol. The molecular weight excluding hydrogens is 463 g/mol. The lowest BCUT2D eigenvalue weighted by molar-refractivity contribution is -0.112. The number of aryl methyl sites for hydroxylation is 1. The van der Waals surface area contributed by atoms with Gasteiger partial charge in [0.15, 0.2) is 11.5 Å². The van der Waals surface area contributed by atoms with Crippen LogP contribution in [0.4, 0.5) is 5.69 Å². The van der Waals surface area contributed by atoms with Crippen LogP contribution in [0.2, 0.25) is 10.0 Å². The number of nitriles is 1. The molecule has 0 aromatic heterocycles. The molecule has 1 N–H and O–H groups in total. The number of anilines is 1. The third kappa shape index (κ3) is 6.13. The molecule has 6 nitrogen and oxygen atoms in total. The SMILES string of the molecule is COc1cc(/C=C(\C#N)C(=O)Nc2cc(Cl)ccc2Cl)ccc1OC(=O)c1ccc(C)cc1. The molecule has 0 radical (unpaired) electrons. The molecule has 0 heterocycles. The van der Waals surface area contributed by atoms with E-state index in [0.717, 1.165) is 5.56 Å². The van der Waals surface area contributed by atoms with Crippen LogP contribution in [-0.2, 0) is 4.79 Å². The van der Waals surface area contributed by atoms with E-state index in [-0.39, 0.29) is 27.8 Å². The van der Waals surface area contributed by atoms with Gasteiger partial charge >= 0.3 is 5.97 Å². The zero-order chi connectivity index (χ0) is 24.0. The van der Waals surface area contributed by atoms with Crippen LogP contribution in [0.15, 0.2) is 66.2 Å². The monoisotopic (exact) mass is 480 g/mol. The summed E-state index contributed by atoms with van der Waals surface area (Å²) in [6, 6.07) is 18.1. The van der Waals surface area contributed by atoms with Gasteiger partial charge in [0.05, 0.1) is 23.4 Å². The number of nitrogens with zero attached hydrogens (tertiary/aromatic N) is 1. The summed E-state index contributed by atoms with van der Waals surface area (Å²) in [5, 5.41) is 12.7. The maximum atomic E-state index is 12.6. The van der Waals surface area contributed by atoms with Crippen molar-refractivity contribution in [2.24, 2.45) is 0 Å². The van der Waals surface area contributed by atoms with Gasteiger partial charge < -0.3 is 14.8 Å². The molecule has 3 aromatic rings. The van der Waals surface area contributed by atoms with E-state index in [2.05, 4.69) is 5.32 Å². The first-order valence-corrected chi connectivity index (χ1v) is 10.4. The fraction of sp³-hybridized carbons (Fsp3) is 0.0800. The zero-order valence-corrected chi connectivity index (χ0v) is 19.2. The van der Waals surface area contributed by atoms with E-state index >= 15 is 0 Å². The van der Waals surface area contributed by atoms with Crippen molar-refractivity contribution < 1.29 is 19.1 Å². The Morgan fingerprint density at radius 2 is 1.73 bits per heavy atom. The van der Waals surface area contributed by atoms with Crippen LogP contribution < -0.4 is 14.8 Å². The highest BCUT2D eigenvalue weighted by atomic mass is 35.5. The minimum absolute atomic E-state index is 0.169. The molecule has 8 heteroatoms. The lowest BCUT2D eigenvalue weighted by atomic mass is 10.1. The average Bonchev–Trinajstić information content (AvgIpc) is 2.80. The van der Waals surface area contributed by atoms with Gasteiger partial charge in [0, 0.05) is 5.02 Å². The van der Waals surface area contributed by atoms with Crippen molar-refractivity contribution in [3.63, 3.8) is 0 Å². The molecule has 0 saturated heterocycles. The van der Waals surface area contributed by atoms with Gasteiger partial charge in [-0.2, -0.15) is 5.26 Å². The Bertz CT molecular complexity index is 1280. The molecule has 0 aliphatic rings. The number of benzene rings is 3. The Morgan fingerprint density at radius 1 is 1.00 bits per heavy atom. The van der Waals surface area contributed by atoms with E-state index in [4.69, 9.17) is 32.7 Å². The van der Waals surface area contributed by atoms with E-state index < -0.39 is 11.9 Å². The first-order valence-electron chi connectivity index (χ1n) is 9.66. The highest BCUT2D eigenvalue weighted by molar-refractivity contribution is 6.36. The number of halogens is 2. The maximum absolute atomic E-state index is 12.6. The Balaban J connectivity index is 1.81. The largest absolute Gasteiger partial charge is 0.493 e. The van der Waals surface area contributed by atoms with Crippen molar-refractivity contribution >= 4 is 46.8 Å². The van der Waals surface area contributed by atoms with Gasteiger partial charge in [-0.25, -0.2) is 4.79 Å². The number of ether oxygens (including phenoxy) is 2. The fourth-order valence-electron chi connectivity index (χ4n) is 2.80. The molecule has 0 spiro atoms. The van der Waals surface area contributed by atoms with Crippen molar-refractivity contribution in [3.8, 4) is 17.6 Å². The summed E-state index contributed by atoms with van der Waals surface area (Å²) in [6.07, 6.45) is 1.38. The van der Waals surface area contributed by atoms with Crippen LogP contribution in [0.3, 0.4) is 0 Å². The van der Waals surface area contributed by atoms with Crippen molar-refractivity contribution in [1.82, 2.24) is 0 Å². The number of methoxy groups -OCH3 is 1. The number of rotatable bonds is 6. The summed E-state index contributed by atoms with van der Waals surface area (Å²) in [4.78, 5) is 25.0. The first kappa shape index (κ1) is 23.9. The normalized spacial score (nSPS) is 10.8. The Labute approximate surface area is 201 Å². The quantitative estimate of drug-likeness (QED) is 0.200. The highest BCUT2D eigenvalue weighted by Crippen LogP contribution is 2.30. The Morgan fingerprint density at radius 3 is 2.39 bits per heavy atom. The number of carbonyl (C=O) groups excluding carboxylic acids is 2. The molecular formula is C25H18Cl2N2O4. The number of hydrogen-bond acceptors (Lipinski definition) is 5. The summed E-state index contributed by atoms with van der Waals surface area (Å²) in [6.45, 7) is 1.92. The van der Waals surface area contributed by atoms with Crippen LogP contribution >= 0.6 is 23.2 Å². The van der Waals surface area contributed by atoms with Crippen molar-refractivity contribution in [3.05, 3.63) is 93.0 Å². The molecule has 33 heavy (non-hydrogen) atoms. The van der Waals surface area contributed by atoms with Crippen LogP contribution in [-0.4, -0.2) is 19.0 Å². The molecule has 3 aromatic carbocycles. The second kappa shape index (κ2) is 10.7. The molecule has 0 aliphatic carbocycles. The standard InChI is InChI=1S/C25H18Cl2N2O4/c1-15-3-6-17(7-4-15)25(31)33-22-10-5-16(12-23(22)32-2)11-18(14-28)24(30)29-21-13-19(26)8-9-20(21)27/h3-13H,1-2H3,(H,29,30)/b18-11+. The molecule has 0 atom stereocenters. The number of amides is 1. The minimum Gasteiger partial charge on any atom is -0.493 e. The van der Waals surface area contributed by atoms with E-state index in [1.165, 1.54) is 31.4 Å². The molecule has 0 saturated carbocycles. The van der Waals surface area contributed by atoms with Crippen LogP contribution in [0.1, 0.15) is 21.5 Å². The molecule has 166 valence electrons. The minimum atomic E-state index is -0.657. The number of nitrogens with one attached hydrogen (secondary N) is 1. The van der Waals surface area contributed by atoms with E-state index in [0.29, 0.717) is 16.1 Å². The summed E-state index contributed by atoms with van der Waals surface area (Å²) >= 11 is 12.0. The van der Waals surface area contributed by atoms with Crippen molar-refractivity contribution in [1.29, 1.82) is 5.26 Å². The van der Waals surface area contributed by atoms with Crippen LogP contribution in [0.25, 0.3) is 6.08 Å². The molecule has 0 bridgehead atoms. The molecule has 1 amide bonds. The van der Waals surface area contributed by atoms with Gasteiger partial charge in [0.25, 0.3) is 5.91 Å². The second-order valence-corrected chi connectivity index (χ2v) is 7.76.